The molecule has 0 aliphatic carbocycles. The predicted molar refractivity (Wildman–Crippen MR) is 128 cm³/mol. The van der Waals surface area contributed by atoms with Gasteiger partial charge in [-0.05, 0) is 54.1 Å². The lowest BCUT2D eigenvalue weighted by Crippen LogP contribution is -2.10. The number of carbonyl (C=O) groups excluding carboxylic acids is 1. The fraction of sp³-hybridized carbons (Fsp3) is 0.130. The number of non-ortho nitro benzene ring substituents is 1. The van der Waals surface area contributed by atoms with Crippen LogP contribution in [0.1, 0.15) is 26.4 Å². The van der Waals surface area contributed by atoms with Crippen molar-refractivity contribution in [2.75, 3.05) is 5.32 Å². The maximum absolute atomic E-state index is 12.8. The Morgan fingerprint density at radius 1 is 1.15 bits per heavy atom. The number of rotatable bonds is 7. The zero-order valence-electron chi connectivity index (χ0n) is 17.7. The van der Waals surface area contributed by atoms with Crippen molar-refractivity contribution in [3.05, 3.63) is 96.9 Å². The molecule has 33 heavy (non-hydrogen) atoms. The number of hydrogen-bond acceptors (Lipinski definition) is 6. The molecule has 0 bridgehead atoms. The van der Waals surface area contributed by atoms with E-state index in [4.69, 9.17) is 16.3 Å². The van der Waals surface area contributed by atoms with Gasteiger partial charge in [-0.25, -0.2) is 0 Å². The molecule has 0 spiro atoms. The summed E-state index contributed by atoms with van der Waals surface area (Å²) in [6.45, 7) is 4.35. The number of thiophene rings is 1. The standard InChI is InChI=1S/C23H19ClN4O4S/c1-14-3-15(2)5-20(4-14)32-21-8-18(7-19(9-21)28(30)31)26-23(29)22-6-16(13-33-22)11-27-12-17(24)10-25-27/h3-10,12-13H,11H2,1-2H3,(H,26,29). The number of benzene rings is 2. The molecule has 2 aromatic carbocycles. The molecular formula is C23H19ClN4O4S. The molecule has 4 rings (SSSR count). The van der Waals surface area contributed by atoms with Crippen LogP contribution in [-0.4, -0.2) is 20.6 Å². The van der Waals surface area contributed by atoms with Gasteiger partial charge >= 0.3 is 0 Å². The second-order valence-electron chi connectivity index (χ2n) is 7.53. The normalized spacial score (nSPS) is 10.8. The summed E-state index contributed by atoms with van der Waals surface area (Å²) in [6.07, 6.45) is 3.24. The van der Waals surface area contributed by atoms with Crippen molar-refractivity contribution in [3.63, 3.8) is 0 Å². The first kappa shape index (κ1) is 22.5. The molecule has 0 fully saturated rings. The van der Waals surface area contributed by atoms with Crippen LogP contribution in [0.4, 0.5) is 11.4 Å². The number of nitrogens with one attached hydrogen (secondary N) is 1. The number of ether oxygens (including phenoxy) is 1. The highest BCUT2D eigenvalue weighted by molar-refractivity contribution is 7.12. The smallest absolute Gasteiger partial charge is 0.275 e. The highest BCUT2D eigenvalue weighted by Crippen LogP contribution is 2.31. The molecule has 0 aliphatic rings. The fourth-order valence-corrected chi connectivity index (χ4v) is 4.28. The molecule has 168 valence electrons. The van der Waals surface area contributed by atoms with E-state index in [2.05, 4.69) is 10.4 Å². The Kier molecular flexibility index (Phi) is 6.43. The third-order valence-corrected chi connectivity index (χ3v) is 5.79. The Bertz CT molecular complexity index is 1330. The lowest BCUT2D eigenvalue weighted by Gasteiger charge is -2.10. The molecule has 2 heterocycles. The quantitative estimate of drug-likeness (QED) is 0.249. The molecule has 0 saturated carbocycles. The van der Waals surface area contributed by atoms with Crippen molar-refractivity contribution in [3.8, 4) is 11.5 Å². The largest absolute Gasteiger partial charge is 0.457 e. The number of nitro groups is 1. The highest BCUT2D eigenvalue weighted by atomic mass is 35.5. The van der Waals surface area contributed by atoms with Gasteiger partial charge in [-0.15, -0.1) is 11.3 Å². The number of carbonyl (C=O) groups is 1. The maximum Gasteiger partial charge on any atom is 0.275 e. The summed E-state index contributed by atoms with van der Waals surface area (Å²) in [5, 5.41) is 20.7. The van der Waals surface area contributed by atoms with Crippen LogP contribution in [-0.2, 0) is 6.54 Å². The van der Waals surface area contributed by atoms with Crippen molar-refractivity contribution < 1.29 is 14.5 Å². The monoisotopic (exact) mass is 482 g/mol. The van der Waals surface area contributed by atoms with Crippen LogP contribution in [0.25, 0.3) is 0 Å². The first-order valence-corrected chi connectivity index (χ1v) is 11.1. The summed E-state index contributed by atoms with van der Waals surface area (Å²) in [5.41, 5.74) is 2.99. The first-order valence-electron chi connectivity index (χ1n) is 9.87. The van der Waals surface area contributed by atoms with Gasteiger partial charge in [0, 0.05) is 18.3 Å². The van der Waals surface area contributed by atoms with E-state index in [0.29, 0.717) is 22.2 Å². The maximum atomic E-state index is 12.8. The van der Waals surface area contributed by atoms with Gasteiger partial charge in [0.2, 0.25) is 0 Å². The van der Waals surface area contributed by atoms with Crippen LogP contribution >= 0.6 is 22.9 Å². The van der Waals surface area contributed by atoms with Gasteiger partial charge < -0.3 is 10.1 Å². The summed E-state index contributed by atoms with van der Waals surface area (Å²) < 4.78 is 7.53. The van der Waals surface area contributed by atoms with Crippen LogP contribution in [0.2, 0.25) is 5.02 Å². The van der Waals surface area contributed by atoms with Crippen molar-refractivity contribution in [2.45, 2.75) is 20.4 Å². The van der Waals surface area contributed by atoms with Crippen molar-refractivity contribution in [1.29, 1.82) is 0 Å². The first-order chi connectivity index (χ1) is 15.7. The highest BCUT2D eigenvalue weighted by Gasteiger charge is 2.16. The van der Waals surface area contributed by atoms with Gasteiger partial charge in [0.05, 0.1) is 39.3 Å². The Morgan fingerprint density at radius 3 is 2.55 bits per heavy atom. The number of nitrogens with zero attached hydrogens (tertiary/aromatic N) is 3. The molecule has 0 saturated heterocycles. The lowest BCUT2D eigenvalue weighted by atomic mass is 10.1. The number of halogens is 1. The van der Waals surface area contributed by atoms with E-state index in [9.17, 15) is 14.9 Å². The average Bonchev–Trinajstić information content (AvgIpc) is 3.36. The molecule has 0 unspecified atom stereocenters. The third kappa shape index (κ3) is 5.76. The third-order valence-electron chi connectivity index (χ3n) is 4.61. The predicted octanol–water partition coefficient (Wildman–Crippen LogP) is 6.22. The minimum absolute atomic E-state index is 0.186. The summed E-state index contributed by atoms with van der Waals surface area (Å²) in [6, 6.07) is 11.6. The number of nitro benzene ring substituents is 1. The summed E-state index contributed by atoms with van der Waals surface area (Å²) in [4.78, 5) is 24.1. The molecule has 1 N–H and O–H groups in total. The van der Waals surface area contributed by atoms with Gasteiger partial charge in [-0.1, -0.05) is 17.7 Å². The SMILES string of the molecule is Cc1cc(C)cc(Oc2cc(NC(=O)c3cc(Cn4cc(Cl)cn4)cs3)cc([N+](=O)[O-])c2)c1. The second-order valence-corrected chi connectivity index (χ2v) is 8.88. The topological polar surface area (TPSA) is 99.3 Å². The van der Waals surface area contributed by atoms with E-state index >= 15 is 0 Å². The molecule has 2 aromatic heterocycles. The fourth-order valence-electron chi connectivity index (χ4n) is 3.33. The van der Waals surface area contributed by atoms with Crippen molar-refractivity contribution in [1.82, 2.24) is 9.78 Å². The Labute approximate surface area is 198 Å². The van der Waals surface area contributed by atoms with Gasteiger partial charge in [-0.3, -0.25) is 19.6 Å². The van der Waals surface area contributed by atoms with Crippen LogP contribution in [0.3, 0.4) is 0 Å². The average molecular weight is 483 g/mol. The molecule has 0 atom stereocenters. The lowest BCUT2D eigenvalue weighted by molar-refractivity contribution is -0.384. The van der Waals surface area contributed by atoms with Gasteiger partial charge in [-0.2, -0.15) is 5.10 Å². The number of hydrogen-bond donors (Lipinski definition) is 1. The minimum Gasteiger partial charge on any atom is -0.457 e. The van der Waals surface area contributed by atoms with Crippen LogP contribution in [0.5, 0.6) is 11.5 Å². The second kappa shape index (κ2) is 9.43. The van der Waals surface area contributed by atoms with E-state index in [0.717, 1.165) is 16.7 Å². The van der Waals surface area contributed by atoms with E-state index in [-0.39, 0.29) is 23.0 Å². The Morgan fingerprint density at radius 2 is 1.88 bits per heavy atom. The van der Waals surface area contributed by atoms with Crippen LogP contribution in [0.15, 0.2) is 60.2 Å². The zero-order chi connectivity index (χ0) is 23.5. The molecule has 10 heteroatoms. The van der Waals surface area contributed by atoms with Gasteiger partial charge in [0.25, 0.3) is 11.6 Å². The van der Waals surface area contributed by atoms with Crippen LogP contribution < -0.4 is 10.1 Å². The Hall–Kier alpha value is -3.69. The summed E-state index contributed by atoms with van der Waals surface area (Å²) in [7, 11) is 0. The van der Waals surface area contributed by atoms with E-state index < -0.39 is 4.92 Å². The molecule has 0 radical (unpaired) electrons. The van der Waals surface area contributed by atoms with Crippen molar-refractivity contribution >= 4 is 40.2 Å². The van der Waals surface area contributed by atoms with Crippen molar-refractivity contribution in [2.24, 2.45) is 0 Å². The molecular weight excluding hydrogens is 464 g/mol. The number of aryl methyl sites for hydroxylation is 2. The molecule has 0 aliphatic heterocycles. The van der Waals surface area contributed by atoms with Gasteiger partial charge in [0.15, 0.2) is 0 Å². The summed E-state index contributed by atoms with van der Waals surface area (Å²) >= 11 is 7.16. The van der Waals surface area contributed by atoms with Crippen LogP contribution in [0, 0.1) is 24.0 Å². The molecule has 8 nitrogen and oxygen atoms in total. The van der Waals surface area contributed by atoms with E-state index in [1.54, 1.807) is 29.2 Å². The number of aromatic nitrogens is 2. The van der Waals surface area contributed by atoms with E-state index in [1.807, 2.05) is 37.4 Å². The number of anilines is 1. The molecule has 1 amide bonds. The number of amides is 1. The minimum atomic E-state index is -0.525. The Balaban J connectivity index is 1.53. The zero-order valence-corrected chi connectivity index (χ0v) is 19.3. The summed E-state index contributed by atoms with van der Waals surface area (Å²) in [5.74, 6) is 0.446. The molecule has 4 aromatic rings. The van der Waals surface area contributed by atoms with Gasteiger partial charge in [0.1, 0.15) is 11.5 Å². The van der Waals surface area contributed by atoms with E-state index in [1.165, 1.54) is 23.5 Å².